The third-order valence-electron chi connectivity index (χ3n) is 13.8. The van der Waals surface area contributed by atoms with Crippen molar-refractivity contribution >= 4 is 46.4 Å². The van der Waals surface area contributed by atoms with Gasteiger partial charge in [-0.3, -0.25) is 19.5 Å². The molecule has 0 spiro atoms. The Labute approximate surface area is 464 Å². The molecule has 2 aliphatic heterocycles. The molecule has 8 nitrogen and oxygen atoms in total. The first-order valence-corrected chi connectivity index (χ1v) is 28.8. The molecule has 381 valence electrons. The number of rotatable bonds is 26. The van der Waals surface area contributed by atoms with Crippen molar-refractivity contribution in [2.24, 2.45) is 0 Å². The molecule has 2 aliphatic rings. The Kier molecular flexibility index (Phi) is 23.8. The van der Waals surface area contributed by atoms with Gasteiger partial charge < -0.3 is 4.98 Å². The second-order valence-corrected chi connectivity index (χ2v) is 20.3. The number of fused-ring (bicyclic) bond motifs is 8. The Morgan fingerprint density at radius 3 is 1.30 bits per heavy atom. The first-order valence-electron chi connectivity index (χ1n) is 27.6. The van der Waals surface area contributed by atoms with E-state index in [0.717, 1.165) is 84.4 Å². The van der Waals surface area contributed by atoms with Crippen LogP contribution in [0.1, 0.15) is 171 Å². The minimum atomic E-state index is 0. The van der Waals surface area contributed by atoms with Crippen LogP contribution in [-0.2, 0) is 37.8 Å². The number of nitrogens with one attached hydrogen (secondary N) is 1. The maximum atomic E-state index is 5.19. The number of hydrogen-bond acceptors (Lipinski definition) is 6. The first-order chi connectivity index (χ1) is 36.2. The minimum absolute atomic E-state index is 0. The molecule has 9 heterocycles. The molecule has 74 heavy (non-hydrogen) atoms. The van der Waals surface area contributed by atoms with Gasteiger partial charge in [0, 0.05) is 66.4 Å². The summed E-state index contributed by atoms with van der Waals surface area (Å²) in [5, 5.41) is 1.30. The number of aromatic nitrogens is 8. The molecule has 0 aromatic carbocycles. The maximum absolute atomic E-state index is 5.19. The van der Waals surface area contributed by atoms with Crippen molar-refractivity contribution in [2.45, 2.75) is 153 Å². The summed E-state index contributed by atoms with van der Waals surface area (Å²) in [5.74, 6) is 0.724. The Hall–Kier alpha value is -5.55. The number of unbranched alkanes of at least 4 members (excludes halogenated alkanes) is 21. The van der Waals surface area contributed by atoms with E-state index in [1.165, 1.54) is 146 Å². The van der Waals surface area contributed by atoms with E-state index in [2.05, 4.69) is 46.9 Å². The van der Waals surface area contributed by atoms with Crippen LogP contribution in [0.4, 0.5) is 0 Å². The van der Waals surface area contributed by atoms with Crippen molar-refractivity contribution < 1.29 is 37.8 Å². The van der Waals surface area contributed by atoms with Crippen molar-refractivity contribution in [1.29, 1.82) is 0 Å². The van der Waals surface area contributed by atoms with Gasteiger partial charge in [0.15, 0.2) is 0 Å². The second-order valence-electron chi connectivity index (χ2n) is 19.5. The average molecular weight is 1120 g/mol. The fourth-order valence-corrected chi connectivity index (χ4v) is 10.4. The van der Waals surface area contributed by atoms with Crippen molar-refractivity contribution in [3.05, 3.63) is 151 Å². The number of hydrogen-bond donors (Lipinski definition) is 1. The monoisotopic (exact) mass is 1120 g/mol. The van der Waals surface area contributed by atoms with Crippen LogP contribution in [0.2, 0.25) is 5.02 Å². The SMILES string of the molecule is C1=Cc2cc3c(-c4ccccn4)c(-c4ccccn4)c(c(-c4ccccn4)c4nc(cc5ccc(cc1n2)[nH]5)C=C4)n3-c1ccccn1.CCCCCCCCCCCCCCCCCCCCCCC[CH2][Ru].[Zn]. The van der Waals surface area contributed by atoms with Crippen molar-refractivity contribution in [1.82, 2.24) is 39.5 Å². The van der Waals surface area contributed by atoms with Gasteiger partial charge in [-0.1, -0.05) is 102 Å². The Bertz CT molecular complexity index is 2950. The molecule has 1 N–H and O–H groups in total. The third kappa shape index (κ3) is 16.5. The van der Waals surface area contributed by atoms with Gasteiger partial charge in [-0.25, -0.2) is 15.0 Å². The van der Waals surface area contributed by atoms with Gasteiger partial charge in [0.05, 0.1) is 56.5 Å². The molecule has 0 unspecified atom stereocenters. The van der Waals surface area contributed by atoms with Crippen LogP contribution in [0, 0.1) is 0 Å². The van der Waals surface area contributed by atoms with E-state index in [-0.39, 0.29) is 19.5 Å². The number of nitrogens with zero attached hydrogens (tertiary/aromatic N) is 7. The van der Waals surface area contributed by atoms with Crippen molar-refractivity contribution in [2.75, 3.05) is 0 Å². The fraction of sp³-hybridized carbons (Fsp3) is 0.375. The van der Waals surface area contributed by atoms with E-state index in [4.69, 9.17) is 29.9 Å². The largest absolute Gasteiger partial charge is 0 e. The molecule has 0 radical (unpaired) electrons. The zero-order valence-corrected chi connectivity index (χ0v) is 48.6. The van der Waals surface area contributed by atoms with Gasteiger partial charge in [-0.2, -0.15) is 0 Å². The predicted molar refractivity (Wildman–Crippen MR) is 303 cm³/mol. The molecule has 0 fully saturated rings. The predicted octanol–water partition coefficient (Wildman–Crippen LogP) is 18.3. The fourth-order valence-electron chi connectivity index (χ4n) is 10.0. The van der Waals surface area contributed by atoms with Gasteiger partial charge in [0.2, 0.25) is 0 Å². The molecular formula is C64H75N8RuZn. The number of aromatic amines is 1. The topological polar surface area (TPSA) is 98.1 Å². The van der Waals surface area contributed by atoms with Gasteiger partial charge in [-0.05, 0) is 103 Å². The van der Waals surface area contributed by atoms with E-state index in [1.807, 2.05) is 140 Å². The molecule has 8 bridgehead atoms. The normalized spacial score (nSPS) is 11.6. The van der Waals surface area contributed by atoms with E-state index in [1.54, 1.807) is 0 Å². The van der Waals surface area contributed by atoms with Gasteiger partial charge in [-0.15, -0.1) is 0 Å². The van der Waals surface area contributed by atoms with Crippen LogP contribution < -0.4 is 0 Å². The Balaban J connectivity index is 0.000000264. The molecule has 0 saturated carbocycles. The molecule has 0 amide bonds. The van der Waals surface area contributed by atoms with Crippen molar-refractivity contribution in [3.8, 4) is 39.6 Å². The van der Waals surface area contributed by atoms with E-state index in [9.17, 15) is 0 Å². The average Bonchev–Trinajstić information content (AvgIpc) is 4.27. The summed E-state index contributed by atoms with van der Waals surface area (Å²) in [6.07, 6.45) is 47.8. The van der Waals surface area contributed by atoms with E-state index >= 15 is 0 Å². The van der Waals surface area contributed by atoms with Crippen LogP contribution in [-0.4, -0.2) is 39.5 Å². The van der Waals surface area contributed by atoms with E-state index < -0.39 is 0 Å². The van der Waals surface area contributed by atoms with Gasteiger partial charge >= 0.3 is 93.9 Å². The second kappa shape index (κ2) is 31.4. The first kappa shape index (κ1) is 56.2. The molecular weight excluding hydrogens is 1050 g/mol. The standard InChI is InChI=1S/C40H26N8.C24H49.Ru.Zn/c1-5-19-41-31(9-1)37-34-18-17-29(47-34)24-28-14-13-26(45-28)23-27-15-16-30(46-27)25-35-38(32-10-2-6-20-42-32)39(33-11-3-7-21-43-33)40(37)48(35)36-12-4-8-22-44-36;1-3-5-7-9-11-13-15-17-19-21-23-24-22-20-18-16-14-12-10-8-6-4-2;;/h1-25,45H;1,3-24H2,2H3;;. The van der Waals surface area contributed by atoms with Crippen LogP contribution in [0.3, 0.4) is 0 Å². The smallest absolute Gasteiger partial charge is 0 e. The molecule has 9 rings (SSSR count). The summed E-state index contributed by atoms with van der Waals surface area (Å²) in [6.45, 7) is 2.30. The summed E-state index contributed by atoms with van der Waals surface area (Å²) in [4.78, 5) is 33.3. The summed E-state index contributed by atoms with van der Waals surface area (Å²) in [5.41, 5.74) is 11.8. The number of pyridine rings is 4. The van der Waals surface area contributed by atoms with Crippen molar-refractivity contribution in [3.63, 3.8) is 0 Å². The quantitative estimate of drug-likeness (QED) is 0.0428. The Morgan fingerprint density at radius 2 is 0.838 bits per heavy atom. The maximum Gasteiger partial charge on any atom is 0 e. The zero-order chi connectivity index (χ0) is 50.1. The third-order valence-corrected chi connectivity index (χ3v) is 14.4. The van der Waals surface area contributed by atoms with Gasteiger partial charge in [0.25, 0.3) is 0 Å². The molecule has 10 heteroatoms. The molecule has 0 aliphatic carbocycles. The number of H-pyrrole nitrogens is 1. The van der Waals surface area contributed by atoms with Gasteiger partial charge in [0.1, 0.15) is 5.82 Å². The van der Waals surface area contributed by atoms with Crippen LogP contribution in [0.5, 0.6) is 0 Å². The van der Waals surface area contributed by atoms with Crippen LogP contribution in [0.25, 0.3) is 86.0 Å². The summed E-state index contributed by atoms with van der Waals surface area (Å²) in [6, 6.07) is 34.1. The summed E-state index contributed by atoms with van der Waals surface area (Å²) in [7, 11) is 0. The zero-order valence-electron chi connectivity index (χ0n) is 43.9. The van der Waals surface area contributed by atoms with E-state index in [0.29, 0.717) is 0 Å². The summed E-state index contributed by atoms with van der Waals surface area (Å²) < 4.78 is 2.18. The van der Waals surface area contributed by atoms with Crippen LogP contribution >= 0.6 is 0 Å². The van der Waals surface area contributed by atoms with Crippen LogP contribution in [0.15, 0.2) is 128 Å². The molecule has 0 atom stereocenters. The summed E-state index contributed by atoms with van der Waals surface area (Å²) >= 11 is 2.75. The molecule has 7 aromatic rings. The minimum Gasteiger partial charge on any atom is 0 e. The Morgan fingerprint density at radius 1 is 0.419 bits per heavy atom. The molecule has 0 saturated heterocycles. The molecule has 7 aromatic heterocycles.